The fourth-order valence-corrected chi connectivity index (χ4v) is 3.59. The van der Waals surface area contributed by atoms with Gasteiger partial charge >= 0.3 is 5.97 Å². The maximum Gasteiger partial charge on any atom is 0.305 e. The highest BCUT2D eigenvalue weighted by Crippen LogP contribution is 2.43. The van der Waals surface area contributed by atoms with E-state index in [1.165, 1.54) is 6.92 Å². The van der Waals surface area contributed by atoms with Crippen LogP contribution in [0, 0.1) is 6.92 Å². The summed E-state index contributed by atoms with van der Waals surface area (Å²) in [6, 6.07) is 3.90. The lowest BCUT2D eigenvalue weighted by atomic mass is 9.96. The van der Waals surface area contributed by atoms with E-state index in [9.17, 15) is 4.79 Å². The minimum Gasteiger partial charge on any atom is -0.427 e. The van der Waals surface area contributed by atoms with Gasteiger partial charge in [-0.15, -0.1) is 0 Å². The summed E-state index contributed by atoms with van der Waals surface area (Å²) in [5, 5.41) is 1.74. The maximum absolute atomic E-state index is 11.6. The number of nitrogens with one attached hydrogen (secondary N) is 1. The molecule has 3 rings (SSSR count). The van der Waals surface area contributed by atoms with Crippen molar-refractivity contribution < 1.29 is 14.3 Å². The van der Waals surface area contributed by atoms with Crippen molar-refractivity contribution >= 4 is 28.5 Å². The Labute approximate surface area is 134 Å². The van der Waals surface area contributed by atoms with E-state index >= 15 is 0 Å². The smallest absolute Gasteiger partial charge is 0.305 e. The van der Waals surface area contributed by atoms with Crippen LogP contribution in [-0.2, 0) is 26.5 Å². The summed E-state index contributed by atoms with van der Waals surface area (Å²) in [4.78, 5) is 15.0. The first-order chi connectivity index (χ1) is 10.5. The standard InChI is InChI=1S/C17H20ClNO3/c1-4-8-17(22-11(3)20)16-12(7-9-21-17)14-13(18)6-5-10(2)15(14)19-16/h5-6,19H,4,7-9H2,1-3H3. The van der Waals surface area contributed by atoms with Gasteiger partial charge in [-0.3, -0.25) is 4.79 Å². The Kier molecular flexibility index (Phi) is 3.91. The quantitative estimate of drug-likeness (QED) is 0.861. The van der Waals surface area contributed by atoms with E-state index in [1.807, 2.05) is 26.0 Å². The van der Waals surface area contributed by atoms with Crippen LogP contribution in [0.3, 0.4) is 0 Å². The third-order valence-corrected chi connectivity index (χ3v) is 4.49. The van der Waals surface area contributed by atoms with Gasteiger partial charge in [-0.25, -0.2) is 0 Å². The number of aromatic nitrogens is 1. The Morgan fingerprint density at radius 2 is 2.27 bits per heavy atom. The number of carbonyl (C=O) groups is 1. The first-order valence-corrected chi connectivity index (χ1v) is 8.00. The molecule has 1 aromatic carbocycles. The van der Waals surface area contributed by atoms with Crippen LogP contribution >= 0.6 is 11.6 Å². The highest BCUT2D eigenvalue weighted by molar-refractivity contribution is 6.36. The Bertz CT molecular complexity index is 737. The topological polar surface area (TPSA) is 51.3 Å². The molecule has 1 aromatic heterocycles. The Morgan fingerprint density at radius 1 is 1.50 bits per heavy atom. The lowest BCUT2D eigenvalue weighted by molar-refractivity contribution is -0.247. The summed E-state index contributed by atoms with van der Waals surface area (Å²) in [6.45, 7) is 6.01. The van der Waals surface area contributed by atoms with Crippen LogP contribution in [0.5, 0.6) is 0 Å². The van der Waals surface area contributed by atoms with E-state index in [-0.39, 0.29) is 5.97 Å². The Morgan fingerprint density at radius 3 is 2.95 bits per heavy atom. The van der Waals surface area contributed by atoms with Gasteiger partial charge in [0.1, 0.15) is 0 Å². The van der Waals surface area contributed by atoms with E-state index in [1.54, 1.807) is 0 Å². The van der Waals surface area contributed by atoms with E-state index in [4.69, 9.17) is 21.1 Å². The molecule has 1 aliphatic rings. The first kappa shape index (κ1) is 15.4. The minimum absolute atomic E-state index is 0.345. The molecular formula is C17H20ClNO3. The van der Waals surface area contributed by atoms with Gasteiger partial charge in [-0.1, -0.05) is 24.6 Å². The molecule has 4 nitrogen and oxygen atoms in total. The number of H-pyrrole nitrogens is 1. The zero-order chi connectivity index (χ0) is 15.9. The lowest BCUT2D eigenvalue weighted by Crippen LogP contribution is -2.39. The van der Waals surface area contributed by atoms with Gasteiger partial charge < -0.3 is 14.5 Å². The molecule has 5 heteroatoms. The normalized spacial score (nSPS) is 20.9. The predicted molar refractivity (Wildman–Crippen MR) is 86.1 cm³/mol. The average molecular weight is 322 g/mol. The molecule has 2 heterocycles. The summed E-state index contributed by atoms with van der Waals surface area (Å²) in [5.41, 5.74) is 4.05. The second-order valence-electron chi connectivity index (χ2n) is 5.79. The number of rotatable bonds is 3. The number of fused-ring (bicyclic) bond motifs is 3. The van der Waals surface area contributed by atoms with Gasteiger partial charge in [0, 0.05) is 18.7 Å². The van der Waals surface area contributed by atoms with Gasteiger partial charge in [-0.05, 0) is 37.0 Å². The highest BCUT2D eigenvalue weighted by Gasteiger charge is 2.43. The molecule has 0 aliphatic carbocycles. The van der Waals surface area contributed by atoms with Crippen LogP contribution in [0.1, 0.15) is 43.5 Å². The molecule has 22 heavy (non-hydrogen) atoms. The fraction of sp³-hybridized carbons (Fsp3) is 0.471. The van der Waals surface area contributed by atoms with Gasteiger partial charge in [0.25, 0.3) is 5.79 Å². The largest absolute Gasteiger partial charge is 0.427 e. The Hall–Kier alpha value is -1.52. The van der Waals surface area contributed by atoms with Gasteiger partial charge in [0.15, 0.2) is 0 Å². The number of hydrogen-bond donors (Lipinski definition) is 1. The number of aromatic amines is 1. The number of aryl methyl sites for hydroxylation is 1. The van der Waals surface area contributed by atoms with Crippen molar-refractivity contribution in [2.24, 2.45) is 0 Å². The molecule has 0 bridgehead atoms. The highest BCUT2D eigenvalue weighted by atomic mass is 35.5. The van der Waals surface area contributed by atoms with E-state index < -0.39 is 5.79 Å². The van der Waals surface area contributed by atoms with Crippen molar-refractivity contribution in [1.82, 2.24) is 4.98 Å². The molecule has 1 N–H and O–H groups in total. The minimum atomic E-state index is -1.02. The molecule has 0 radical (unpaired) electrons. The van der Waals surface area contributed by atoms with E-state index in [0.717, 1.165) is 40.6 Å². The Balaban J connectivity index is 2.27. The number of hydrogen-bond acceptors (Lipinski definition) is 3. The molecule has 1 atom stereocenters. The van der Waals surface area contributed by atoms with Gasteiger partial charge in [0.05, 0.1) is 22.8 Å². The predicted octanol–water partition coefficient (Wildman–Crippen LogP) is 4.22. The van der Waals surface area contributed by atoms with Crippen LogP contribution in [0.25, 0.3) is 10.9 Å². The van der Waals surface area contributed by atoms with Crippen molar-refractivity contribution in [3.05, 3.63) is 34.0 Å². The van der Waals surface area contributed by atoms with Crippen LogP contribution in [-0.4, -0.2) is 17.6 Å². The van der Waals surface area contributed by atoms with Crippen LogP contribution < -0.4 is 0 Å². The molecule has 0 amide bonds. The van der Waals surface area contributed by atoms with Crippen LogP contribution in [0.2, 0.25) is 5.02 Å². The van der Waals surface area contributed by atoms with Crippen molar-refractivity contribution in [3.63, 3.8) is 0 Å². The summed E-state index contributed by atoms with van der Waals surface area (Å²) in [6.07, 6.45) is 2.21. The number of esters is 1. The zero-order valence-electron chi connectivity index (χ0n) is 13.1. The summed E-state index contributed by atoms with van der Waals surface area (Å²) in [7, 11) is 0. The molecule has 0 fully saturated rings. The summed E-state index contributed by atoms with van der Waals surface area (Å²) in [5.74, 6) is -1.37. The second kappa shape index (κ2) is 5.60. The van der Waals surface area contributed by atoms with Gasteiger partial charge in [-0.2, -0.15) is 0 Å². The number of carbonyl (C=O) groups excluding carboxylic acids is 1. The van der Waals surface area contributed by atoms with Crippen molar-refractivity contribution in [3.8, 4) is 0 Å². The third-order valence-electron chi connectivity index (χ3n) is 4.17. The van der Waals surface area contributed by atoms with E-state index in [0.29, 0.717) is 18.1 Å². The van der Waals surface area contributed by atoms with Crippen LogP contribution in [0.4, 0.5) is 0 Å². The van der Waals surface area contributed by atoms with Crippen molar-refractivity contribution in [1.29, 1.82) is 0 Å². The molecule has 1 unspecified atom stereocenters. The van der Waals surface area contributed by atoms with Gasteiger partial charge in [0.2, 0.25) is 0 Å². The number of halogens is 1. The number of ether oxygens (including phenoxy) is 2. The molecule has 0 saturated carbocycles. The SMILES string of the molecule is CCCC1(OC(C)=O)OCCc2c1[nH]c1c(C)ccc(Cl)c21. The molecule has 0 spiro atoms. The summed E-state index contributed by atoms with van der Waals surface area (Å²) >= 11 is 6.41. The zero-order valence-corrected chi connectivity index (χ0v) is 13.8. The third kappa shape index (κ3) is 2.31. The molecular weight excluding hydrogens is 302 g/mol. The summed E-state index contributed by atoms with van der Waals surface area (Å²) < 4.78 is 11.6. The van der Waals surface area contributed by atoms with Crippen molar-refractivity contribution in [2.75, 3.05) is 6.61 Å². The number of benzene rings is 1. The maximum atomic E-state index is 11.6. The van der Waals surface area contributed by atoms with E-state index in [2.05, 4.69) is 4.98 Å². The average Bonchev–Trinajstić information content (AvgIpc) is 2.85. The molecule has 1 aliphatic heterocycles. The molecule has 2 aromatic rings. The molecule has 118 valence electrons. The monoisotopic (exact) mass is 321 g/mol. The van der Waals surface area contributed by atoms with Crippen LogP contribution in [0.15, 0.2) is 12.1 Å². The fourth-order valence-electron chi connectivity index (χ4n) is 3.32. The molecule has 0 saturated heterocycles. The first-order valence-electron chi connectivity index (χ1n) is 7.62. The van der Waals surface area contributed by atoms with Crippen molar-refractivity contribution in [2.45, 2.75) is 45.8 Å². The second-order valence-corrected chi connectivity index (χ2v) is 6.20. The lowest BCUT2D eigenvalue weighted by Gasteiger charge is -2.36.